The first kappa shape index (κ1) is 13.5. The zero-order valence-electron chi connectivity index (χ0n) is 11.2. The first-order valence-corrected chi connectivity index (χ1v) is 6.34. The highest BCUT2D eigenvalue weighted by atomic mass is 16.2. The van der Waals surface area contributed by atoms with Crippen LogP contribution in [0.4, 0.5) is 0 Å². The molecule has 0 aromatic carbocycles. The molecular formula is C13H26N2O. The molecule has 0 aliphatic heterocycles. The highest BCUT2D eigenvalue weighted by molar-refractivity contribution is 5.75. The van der Waals surface area contributed by atoms with Gasteiger partial charge in [0.25, 0.3) is 0 Å². The summed E-state index contributed by atoms with van der Waals surface area (Å²) in [4.78, 5) is 13.0. The first-order valence-electron chi connectivity index (χ1n) is 6.34. The number of rotatable bonds is 5. The number of carbonyl (C=O) groups is 1. The number of hydrogen-bond acceptors (Lipinski definition) is 2. The van der Waals surface area contributed by atoms with Gasteiger partial charge in [0.2, 0.25) is 5.91 Å². The van der Waals surface area contributed by atoms with E-state index in [9.17, 15) is 4.79 Å². The van der Waals surface area contributed by atoms with Crippen LogP contribution < -0.4 is 5.32 Å². The smallest absolute Gasteiger partial charge is 0.222 e. The van der Waals surface area contributed by atoms with E-state index in [0.717, 1.165) is 13.0 Å². The van der Waals surface area contributed by atoms with Gasteiger partial charge in [0.15, 0.2) is 0 Å². The summed E-state index contributed by atoms with van der Waals surface area (Å²) >= 11 is 0. The van der Waals surface area contributed by atoms with Crippen molar-refractivity contribution in [1.29, 1.82) is 0 Å². The van der Waals surface area contributed by atoms with E-state index in [1.165, 1.54) is 19.3 Å². The van der Waals surface area contributed by atoms with Gasteiger partial charge in [0.05, 0.1) is 0 Å². The Balaban J connectivity index is 2.06. The highest BCUT2D eigenvalue weighted by Gasteiger charge is 2.30. The molecule has 94 valence electrons. The molecule has 0 aromatic rings. The van der Waals surface area contributed by atoms with Crippen molar-refractivity contribution in [2.45, 2.75) is 52.0 Å². The summed E-state index contributed by atoms with van der Waals surface area (Å²) in [6.07, 6.45) is 5.49. The SMILES string of the molecule is CN(C)C(=O)CCCNC1CCC(C)(C)C1. The minimum atomic E-state index is 0.230. The van der Waals surface area contributed by atoms with Crippen molar-refractivity contribution in [3.63, 3.8) is 0 Å². The molecule has 3 nitrogen and oxygen atoms in total. The monoisotopic (exact) mass is 226 g/mol. The third kappa shape index (κ3) is 4.52. The lowest BCUT2D eigenvalue weighted by atomic mass is 9.92. The number of hydrogen-bond donors (Lipinski definition) is 1. The summed E-state index contributed by atoms with van der Waals surface area (Å²) in [5.41, 5.74) is 0.511. The average molecular weight is 226 g/mol. The molecule has 16 heavy (non-hydrogen) atoms. The van der Waals surface area contributed by atoms with E-state index >= 15 is 0 Å². The third-order valence-corrected chi connectivity index (χ3v) is 3.47. The maximum Gasteiger partial charge on any atom is 0.222 e. The maximum atomic E-state index is 11.3. The Kier molecular flexibility index (Phi) is 4.78. The summed E-state index contributed by atoms with van der Waals surface area (Å²) in [5, 5.41) is 3.56. The molecule has 0 aromatic heterocycles. The molecule has 0 bridgehead atoms. The van der Waals surface area contributed by atoms with E-state index < -0.39 is 0 Å². The van der Waals surface area contributed by atoms with Gasteiger partial charge in [-0.3, -0.25) is 4.79 Å². The number of nitrogens with zero attached hydrogens (tertiary/aromatic N) is 1. The zero-order valence-corrected chi connectivity index (χ0v) is 11.2. The lowest BCUT2D eigenvalue weighted by molar-refractivity contribution is -0.128. The van der Waals surface area contributed by atoms with Crippen molar-refractivity contribution < 1.29 is 4.79 Å². The summed E-state index contributed by atoms with van der Waals surface area (Å²) in [6.45, 7) is 5.65. The predicted octanol–water partition coefficient (Wildman–Crippen LogP) is 2.02. The Bertz CT molecular complexity index is 236. The second-order valence-corrected chi connectivity index (χ2v) is 5.95. The van der Waals surface area contributed by atoms with Crippen LogP contribution in [-0.2, 0) is 4.79 Å². The van der Waals surface area contributed by atoms with Gasteiger partial charge in [-0.15, -0.1) is 0 Å². The van der Waals surface area contributed by atoms with Crippen molar-refractivity contribution in [2.75, 3.05) is 20.6 Å². The van der Waals surface area contributed by atoms with Crippen LogP contribution in [0.5, 0.6) is 0 Å². The second kappa shape index (κ2) is 5.67. The molecule has 1 amide bonds. The molecule has 0 heterocycles. The van der Waals surface area contributed by atoms with Crippen molar-refractivity contribution >= 4 is 5.91 Å². The zero-order chi connectivity index (χ0) is 12.2. The summed E-state index contributed by atoms with van der Waals surface area (Å²) in [6, 6.07) is 0.671. The van der Waals surface area contributed by atoms with Crippen LogP contribution in [0, 0.1) is 5.41 Å². The lowest BCUT2D eigenvalue weighted by Gasteiger charge is -2.18. The minimum Gasteiger partial charge on any atom is -0.349 e. The fraction of sp³-hybridized carbons (Fsp3) is 0.923. The van der Waals surface area contributed by atoms with Gasteiger partial charge in [-0.25, -0.2) is 0 Å². The summed E-state index contributed by atoms with van der Waals surface area (Å²) in [5.74, 6) is 0.230. The largest absolute Gasteiger partial charge is 0.349 e. The number of nitrogens with one attached hydrogen (secondary N) is 1. The van der Waals surface area contributed by atoms with Crippen LogP contribution in [0.3, 0.4) is 0 Å². The lowest BCUT2D eigenvalue weighted by Crippen LogP contribution is -2.29. The molecule has 1 saturated carbocycles. The van der Waals surface area contributed by atoms with Crippen molar-refractivity contribution in [2.24, 2.45) is 5.41 Å². The molecule has 1 unspecified atom stereocenters. The van der Waals surface area contributed by atoms with E-state index in [1.807, 2.05) is 14.1 Å². The summed E-state index contributed by atoms with van der Waals surface area (Å²) in [7, 11) is 3.63. The third-order valence-electron chi connectivity index (χ3n) is 3.47. The molecular weight excluding hydrogens is 200 g/mol. The Morgan fingerprint density at radius 1 is 1.44 bits per heavy atom. The Morgan fingerprint density at radius 2 is 2.12 bits per heavy atom. The van der Waals surface area contributed by atoms with Gasteiger partial charge in [-0.2, -0.15) is 0 Å². The van der Waals surface area contributed by atoms with Crippen LogP contribution in [0.15, 0.2) is 0 Å². The van der Waals surface area contributed by atoms with Gasteiger partial charge >= 0.3 is 0 Å². The van der Waals surface area contributed by atoms with E-state index in [2.05, 4.69) is 19.2 Å². The molecule has 1 fully saturated rings. The Labute approximate surface area is 99.6 Å². The molecule has 1 N–H and O–H groups in total. The average Bonchev–Trinajstić information content (AvgIpc) is 2.52. The van der Waals surface area contributed by atoms with Gasteiger partial charge in [-0.05, 0) is 37.6 Å². The molecule has 3 heteroatoms. The predicted molar refractivity (Wildman–Crippen MR) is 67.4 cm³/mol. The van der Waals surface area contributed by atoms with Crippen LogP contribution in [0.2, 0.25) is 0 Å². The van der Waals surface area contributed by atoms with Gasteiger partial charge in [0, 0.05) is 26.6 Å². The van der Waals surface area contributed by atoms with Gasteiger partial charge < -0.3 is 10.2 Å². The molecule has 0 spiro atoms. The minimum absolute atomic E-state index is 0.230. The van der Waals surface area contributed by atoms with Gasteiger partial charge in [-0.1, -0.05) is 13.8 Å². The van der Waals surface area contributed by atoms with Gasteiger partial charge in [0.1, 0.15) is 0 Å². The van der Waals surface area contributed by atoms with E-state index in [4.69, 9.17) is 0 Å². The molecule has 0 saturated heterocycles. The highest BCUT2D eigenvalue weighted by Crippen LogP contribution is 2.36. The van der Waals surface area contributed by atoms with Crippen LogP contribution in [-0.4, -0.2) is 37.5 Å². The van der Waals surface area contributed by atoms with Crippen LogP contribution in [0.25, 0.3) is 0 Å². The van der Waals surface area contributed by atoms with Crippen molar-refractivity contribution in [1.82, 2.24) is 10.2 Å². The van der Waals surface area contributed by atoms with Crippen LogP contribution in [0.1, 0.15) is 46.0 Å². The van der Waals surface area contributed by atoms with E-state index in [-0.39, 0.29) is 5.91 Å². The second-order valence-electron chi connectivity index (χ2n) is 5.95. The standard InChI is InChI=1S/C13H26N2O/c1-13(2)8-7-11(10-13)14-9-5-6-12(16)15(3)4/h11,14H,5-10H2,1-4H3. The topological polar surface area (TPSA) is 32.3 Å². The van der Waals surface area contributed by atoms with Crippen molar-refractivity contribution in [3.05, 3.63) is 0 Å². The molecule has 0 radical (unpaired) electrons. The van der Waals surface area contributed by atoms with Crippen molar-refractivity contribution in [3.8, 4) is 0 Å². The molecule has 1 aliphatic rings. The quantitative estimate of drug-likeness (QED) is 0.727. The Morgan fingerprint density at radius 3 is 2.62 bits per heavy atom. The Hall–Kier alpha value is -0.570. The van der Waals surface area contributed by atoms with E-state index in [1.54, 1.807) is 4.90 Å². The number of carbonyl (C=O) groups excluding carboxylic acids is 1. The van der Waals surface area contributed by atoms with E-state index in [0.29, 0.717) is 17.9 Å². The number of amides is 1. The first-order chi connectivity index (χ1) is 7.41. The fourth-order valence-electron chi connectivity index (χ4n) is 2.38. The molecule has 1 atom stereocenters. The normalized spacial score (nSPS) is 23.4. The van der Waals surface area contributed by atoms with Crippen LogP contribution >= 0.6 is 0 Å². The summed E-state index contributed by atoms with van der Waals surface area (Å²) < 4.78 is 0. The molecule has 1 aliphatic carbocycles. The fourth-order valence-corrected chi connectivity index (χ4v) is 2.38. The maximum absolute atomic E-state index is 11.3. The molecule has 1 rings (SSSR count).